The molecule has 0 heterocycles. The Morgan fingerprint density at radius 1 is 1.43 bits per heavy atom. The summed E-state index contributed by atoms with van der Waals surface area (Å²) >= 11 is 3.32. The van der Waals surface area contributed by atoms with Crippen LogP contribution in [0.5, 0.6) is 0 Å². The van der Waals surface area contributed by atoms with E-state index in [9.17, 15) is 4.79 Å². The van der Waals surface area contributed by atoms with E-state index in [1.165, 1.54) is 0 Å². The largest absolute Gasteiger partial charge is 0.461 e. The van der Waals surface area contributed by atoms with Crippen molar-refractivity contribution in [2.45, 2.75) is 32.6 Å². The quantitative estimate of drug-likeness (QED) is 0.192. The molecule has 0 saturated heterocycles. The van der Waals surface area contributed by atoms with Crippen LogP contribution in [0.25, 0.3) is 0 Å². The van der Waals surface area contributed by atoms with Crippen molar-refractivity contribution in [1.29, 1.82) is 0 Å². The number of hydrogen-bond acceptors (Lipinski definition) is 4. The van der Waals surface area contributed by atoms with Gasteiger partial charge in [-0.25, -0.2) is 4.79 Å². The molecule has 0 bridgehead atoms. The fourth-order valence-electron chi connectivity index (χ4n) is 0.971. The number of carbonyl (C=O) groups excluding carboxylic acids is 1. The third kappa shape index (κ3) is 5.96. The molecule has 0 fully saturated rings. The topological polar surface area (TPSA) is 58.9 Å². The van der Waals surface area contributed by atoms with Crippen molar-refractivity contribution in [2.24, 2.45) is 5.16 Å². The molecular weight excluding hydrogens is 250 g/mol. The molecule has 4 nitrogen and oxygen atoms in total. The maximum atomic E-state index is 11.1. The lowest BCUT2D eigenvalue weighted by Crippen LogP contribution is -2.17. The molecule has 0 aromatic carbocycles. The van der Waals surface area contributed by atoms with Gasteiger partial charge in [-0.1, -0.05) is 27.5 Å². The molecule has 0 rings (SSSR count). The number of carbonyl (C=O) groups is 1. The minimum absolute atomic E-state index is 0.112. The second-order valence-electron chi connectivity index (χ2n) is 2.77. The van der Waals surface area contributed by atoms with Crippen LogP contribution in [0, 0.1) is 0 Å². The molecule has 0 aromatic heterocycles. The Kier molecular flexibility index (Phi) is 8.62. The summed E-state index contributed by atoms with van der Waals surface area (Å²) in [7, 11) is 0. The maximum Gasteiger partial charge on any atom is 0.356 e. The highest BCUT2D eigenvalue weighted by atomic mass is 79.9. The van der Waals surface area contributed by atoms with Crippen LogP contribution in [0.15, 0.2) is 5.16 Å². The van der Waals surface area contributed by atoms with Gasteiger partial charge >= 0.3 is 5.97 Å². The molecule has 0 unspecified atom stereocenters. The Hall–Kier alpha value is -0.580. The lowest BCUT2D eigenvalue weighted by atomic mass is 10.1. The van der Waals surface area contributed by atoms with Crippen LogP contribution in [0.1, 0.15) is 32.6 Å². The Morgan fingerprint density at radius 2 is 2.14 bits per heavy atom. The first-order chi connectivity index (χ1) is 6.76. The molecule has 0 atom stereocenters. The first-order valence-electron chi connectivity index (χ1n) is 4.70. The summed E-state index contributed by atoms with van der Waals surface area (Å²) in [4.78, 5) is 11.1. The van der Waals surface area contributed by atoms with E-state index in [2.05, 4.69) is 21.1 Å². The van der Waals surface area contributed by atoms with Gasteiger partial charge in [0.15, 0.2) is 5.71 Å². The second-order valence-corrected chi connectivity index (χ2v) is 3.56. The van der Waals surface area contributed by atoms with Crippen molar-refractivity contribution in [1.82, 2.24) is 0 Å². The molecule has 14 heavy (non-hydrogen) atoms. The van der Waals surface area contributed by atoms with E-state index in [1.54, 1.807) is 6.92 Å². The van der Waals surface area contributed by atoms with Gasteiger partial charge in [-0.2, -0.15) is 0 Å². The minimum atomic E-state index is -0.520. The summed E-state index contributed by atoms with van der Waals surface area (Å²) in [5.41, 5.74) is 0.112. The van der Waals surface area contributed by atoms with Gasteiger partial charge in [0.05, 0.1) is 6.61 Å². The molecule has 0 aliphatic heterocycles. The van der Waals surface area contributed by atoms with Gasteiger partial charge in [0.2, 0.25) is 0 Å². The Morgan fingerprint density at radius 3 is 2.64 bits per heavy atom. The van der Waals surface area contributed by atoms with E-state index in [4.69, 9.17) is 9.94 Å². The van der Waals surface area contributed by atoms with E-state index < -0.39 is 5.97 Å². The summed E-state index contributed by atoms with van der Waals surface area (Å²) in [5.74, 6) is -0.520. The van der Waals surface area contributed by atoms with Gasteiger partial charge < -0.3 is 9.94 Å². The summed E-state index contributed by atoms with van der Waals surface area (Å²) in [6.07, 6.45) is 3.37. The average molecular weight is 266 g/mol. The number of oxime groups is 1. The molecule has 0 radical (unpaired) electrons. The van der Waals surface area contributed by atoms with Crippen LogP contribution in [-0.2, 0) is 9.53 Å². The number of esters is 1. The number of nitrogens with zero attached hydrogens (tertiary/aromatic N) is 1. The Bertz CT molecular complexity index is 194. The third-order valence-electron chi connectivity index (χ3n) is 1.68. The molecule has 0 aromatic rings. The Labute approximate surface area is 92.4 Å². The summed E-state index contributed by atoms with van der Waals surface area (Å²) in [6.45, 7) is 2.02. The van der Waals surface area contributed by atoms with Crippen LogP contribution in [-0.4, -0.2) is 28.8 Å². The number of rotatable bonds is 7. The Balaban J connectivity index is 3.75. The van der Waals surface area contributed by atoms with E-state index in [1.807, 2.05) is 0 Å². The zero-order chi connectivity index (χ0) is 10.8. The highest BCUT2D eigenvalue weighted by molar-refractivity contribution is 9.09. The second kappa shape index (κ2) is 8.99. The maximum absolute atomic E-state index is 11.1. The standard InChI is InChI=1S/C9H16BrNO3/c1-2-14-9(12)8(11-13)6-4-3-5-7-10/h13H,2-7H2,1H3/b11-8-. The summed E-state index contributed by atoms with van der Waals surface area (Å²) in [5, 5.41) is 12.4. The number of alkyl halides is 1. The molecule has 5 heteroatoms. The molecule has 0 aliphatic rings. The van der Waals surface area contributed by atoms with Crippen LogP contribution in [0.2, 0.25) is 0 Å². The molecule has 0 spiro atoms. The van der Waals surface area contributed by atoms with Gasteiger partial charge in [-0.3, -0.25) is 0 Å². The van der Waals surface area contributed by atoms with Crippen molar-refractivity contribution in [3.63, 3.8) is 0 Å². The lowest BCUT2D eigenvalue weighted by Gasteiger charge is -2.03. The van der Waals surface area contributed by atoms with E-state index in [0.717, 1.165) is 24.6 Å². The van der Waals surface area contributed by atoms with Gasteiger partial charge in [0.1, 0.15) is 0 Å². The smallest absolute Gasteiger partial charge is 0.356 e. The number of halogens is 1. The number of ether oxygens (including phenoxy) is 1. The first kappa shape index (κ1) is 13.4. The molecule has 82 valence electrons. The van der Waals surface area contributed by atoms with Crippen LogP contribution in [0.3, 0.4) is 0 Å². The van der Waals surface area contributed by atoms with Crippen molar-refractivity contribution < 1.29 is 14.7 Å². The summed E-state index contributed by atoms with van der Waals surface area (Å²) < 4.78 is 4.71. The molecule has 0 amide bonds. The fourth-order valence-corrected chi connectivity index (χ4v) is 1.37. The monoisotopic (exact) mass is 265 g/mol. The zero-order valence-electron chi connectivity index (χ0n) is 8.33. The molecule has 1 N–H and O–H groups in total. The SMILES string of the molecule is CCOC(=O)/C(CCCCCBr)=N\O. The molecule has 0 saturated carbocycles. The van der Waals surface area contributed by atoms with E-state index >= 15 is 0 Å². The van der Waals surface area contributed by atoms with E-state index in [-0.39, 0.29) is 5.71 Å². The highest BCUT2D eigenvalue weighted by Crippen LogP contribution is 2.04. The lowest BCUT2D eigenvalue weighted by molar-refractivity contribution is -0.135. The van der Waals surface area contributed by atoms with Gasteiger partial charge in [-0.15, -0.1) is 0 Å². The van der Waals surface area contributed by atoms with Gasteiger partial charge in [0.25, 0.3) is 0 Å². The fraction of sp³-hybridized carbons (Fsp3) is 0.778. The number of hydrogen-bond donors (Lipinski definition) is 1. The number of unbranched alkanes of at least 4 members (excludes halogenated alkanes) is 2. The van der Waals surface area contributed by atoms with Crippen molar-refractivity contribution in [3.05, 3.63) is 0 Å². The average Bonchev–Trinajstić information content (AvgIpc) is 2.18. The van der Waals surface area contributed by atoms with Crippen molar-refractivity contribution >= 4 is 27.6 Å². The zero-order valence-corrected chi connectivity index (χ0v) is 9.92. The van der Waals surface area contributed by atoms with Crippen LogP contribution >= 0.6 is 15.9 Å². The van der Waals surface area contributed by atoms with Gasteiger partial charge in [0, 0.05) is 11.8 Å². The van der Waals surface area contributed by atoms with Crippen LogP contribution < -0.4 is 0 Å². The molecular formula is C9H16BrNO3. The normalized spacial score (nSPS) is 11.4. The minimum Gasteiger partial charge on any atom is -0.461 e. The summed E-state index contributed by atoms with van der Waals surface area (Å²) in [6, 6.07) is 0. The van der Waals surface area contributed by atoms with Crippen molar-refractivity contribution in [3.8, 4) is 0 Å². The van der Waals surface area contributed by atoms with E-state index in [0.29, 0.717) is 13.0 Å². The third-order valence-corrected chi connectivity index (χ3v) is 2.24. The first-order valence-corrected chi connectivity index (χ1v) is 5.82. The predicted molar refractivity (Wildman–Crippen MR) is 58.1 cm³/mol. The highest BCUT2D eigenvalue weighted by Gasteiger charge is 2.12. The molecule has 0 aliphatic carbocycles. The van der Waals surface area contributed by atoms with Crippen molar-refractivity contribution in [2.75, 3.05) is 11.9 Å². The van der Waals surface area contributed by atoms with Gasteiger partial charge in [-0.05, 0) is 19.8 Å². The predicted octanol–water partition coefficient (Wildman–Crippen LogP) is 2.33. The van der Waals surface area contributed by atoms with Crippen LogP contribution in [0.4, 0.5) is 0 Å².